The number of anilines is 2. The second-order valence-electron chi connectivity index (χ2n) is 11.9. The van der Waals surface area contributed by atoms with Crippen LogP contribution < -0.4 is 15.5 Å². The molecule has 238 valence electrons. The van der Waals surface area contributed by atoms with Crippen LogP contribution in [-0.2, 0) is 31.1 Å². The van der Waals surface area contributed by atoms with Crippen LogP contribution in [0.3, 0.4) is 0 Å². The second kappa shape index (κ2) is 12.5. The summed E-state index contributed by atoms with van der Waals surface area (Å²) in [6, 6.07) is 13.7. The number of alkyl halides is 3. The van der Waals surface area contributed by atoms with Gasteiger partial charge in [-0.2, -0.15) is 18.4 Å². The van der Waals surface area contributed by atoms with Gasteiger partial charge in [0, 0.05) is 44.4 Å². The highest BCUT2D eigenvalue weighted by Crippen LogP contribution is 2.41. The van der Waals surface area contributed by atoms with Gasteiger partial charge in [0.2, 0.25) is 0 Å². The molecule has 2 aromatic carbocycles. The summed E-state index contributed by atoms with van der Waals surface area (Å²) in [6.45, 7) is 2.87. The van der Waals surface area contributed by atoms with Crippen LogP contribution in [0.25, 0.3) is 22.5 Å². The molecule has 1 amide bonds. The normalized spacial score (nSPS) is 17.5. The van der Waals surface area contributed by atoms with E-state index < -0.39 is 17.6 Å². The molecule has 1 aliphatic carbocycles. The molecule has 13 heteroatoms. The summed E-state index contributed by atoms with van der Waals surface area (Å²) >= 11 is 0. The number of aromatic nitrogens is 4. The van der Waals surface area contributed by atoms with Crippen molar-refractivity contribution in [3.63, 3.8) is 0 Å². The SMILES string of the molecule is COCCNCc1cc2c(c(C(F)(F)F)c1)CN(c1cc(-c3cc(C#N)ccc3-c3nncn3C)cc(NC3CC(C)C3)n1)C2=O. The number of nitriles is 1. The monoisotopic (exact) mass is 630 g/mol. The first-order chi connectivity index (χ1) is 22.0. The van der Waals surface area contributed by atoms with E-state index in [1.165, 1.54) is 11.0 Å². The number of rotatable bonds is 10. The third kappa shape index (κ3) is 6.18. The number of carbonyl (C=O) groups excluding carboxylic acids is 1. The van der Waals surface area contributed by atoms with Gasteiger partial charge in [-0.05, 0) is 83.5 Å². The van der Waals surface area contributed by atoms with Gasteiger partial charge in [-0.1, -0.05) is 6.92 Å². The lowest BCUT2D eigenvalue weighted by molar-refractivity contribution is -0.138. The Labute approximate surface area is 264 Å². The van der Waals surface area contributed by atoms with Gasteiger partial charge in [-0.3, -0.25) is 9.69 Å². The fraction of sp³-hybridized carbons (Fsp3) is 0.364. The molecule has 0 bridgehead atoms. The number of benzene rings is 2. The number of pyridine rings is 1. The number of fused-ring (bicyclic) bond motifs is 1. The van der Waals surface area contributed by atoms with Crippen molar-refractivity contribution in [2.75, 3.05) is 30.5 Å². The summed E-state index contributed by atoms with van der Waals surface area (Å²) in [7, 11) is 3.35. The van der Waals surface area contributed by atoms with Crippen LogP contribution in [0, 0.1) is 17.2 Å². The number of nitrogens with zero attached hydrogens (tertiary/aromatic N) is 6. The lowest BCUT2D eigenvalue weighted by Gasteiger charge is -2.34. The molecular formula is C33H33F3N8O2. The third-order valence-electron chi connectivity index (χ3n) is 8.45. The van der Waals surface area contributed by atoms with E-state index in [-0.39, 0.29) is 36.1 Å². The van der Waals surface area contributed by atoms with Gasteiger partial charge in [0.15, 0.2) is 5.82 Å². The number of methoxy groups -OCH3 is 1. The predicted molar refractivity (Wildman–Crippen MR) is 166 cm³/mol. The summed E-state index contributed by atoms with van der Waals surface area (Å²) in [5.74, 6) is 1.24. The highest BCUT2D eigenvalue weighted by molar-refractivity contribution is 6.10. The number of halogens is 3. The van der Waals surface area contributed by atoms with Crippen molar-refractivity contribution >= 4 is 17.5 Å². The van der Waals surface area contributed by atoms with Crippen molar-refractivity contribution in [3.05, 3.63) is 76.6 Å². The molecule has 1 fully saturated rings. The lowest BCUT2D eigenvalue weighted by Crippen LogP contribution is -2.34. The molecule has 2 aliphatic rings. The third-order valence-corrected chi connectivity index (χ3v) is 8.45. The maximum Gasteiger partial charge on any atom is 0.416 e. The molecule has 6 rings (SSSR count). The molecule has 0 saturated heterocycles. The molecule has 2 aromatic heterocycles. The molecule has 4 aromatic rings. The van der Waals surface area contributed by atoms with Crippen molar-refractivity contribution in [2.24, 2.45) is 13.0 Å². The Morgan fingerprint density at radius 3 is 2.59 bits per heavy atom. The Hall–Kier alpha value is -4.80. The minimum absolute atomic E-state index is 0.000789. The summed E-state index contributed by atoms with van der Waals surface area (Å²) in [5, 5.41) is 24.5. The van der Waals surface area contributed by atoms with Crippen LogP contribution in [0.2, 0.25) is 0 Å². The van der Waals surface area contributed by atoms with Gasteiger partial charge in [0.25, 0.3) is 5.91 Å². The maximum atomic E-state index is 14.3. The number of hydrogen-bond acceptors (Lipinski definition) is 8. The lowest BCUT2D eigenvalue weighted by atomic mass is 9.82. The minimum Gasteiger partial charge on any atom is -0.383 e. The largest absolute Gasteiger partial charge is 0.416 e. The molecule has 0 spiro atoms. The minimum atomic E-state index is -4.66. The molecule has 3 heterocycles. The number of ether oxygens (including phenoxy) is 1. The highest BCUT2D eigenvalue weighted by atomic mass is 19.4. The zero-order valence-electron chi connectivity index (χ0n) is 25.6. The Morgan fingerprint density at radius 1 is 1.11 bits per heavy atom. The zero-order valence-corrected chi connectivity index (χ0v) is 25.6. The summed E-state index contributed by atoms with van der Waals surface area (Å²) < 4.78 is 49.8. The molecule has 2 N–H and O–H groups in total. The first kappa shape index (κ1) is 31.2. The Morgan fingerprint density at radius 2 is 1.91 bits per heavy atom. The molecule has 1 saturated carbocycles. The van der Waals surface area contributed by atoms with E-state index >= 15 is 0 Å². The number of carbonyl (C=O) groups is 1. The number of hydrogen-bond donors (Lipinski definition) is 2. The van der Waals surface area contributed by atoms with E-state index in [0.717, 1.165) is 18.9 Å². The van der Waals surface area contributed by atoms with Gasteiger partial charge in [-0.25, -0.2) is 4.98 Å². The summed E-state index contributed by atoms with van der Waals surface area (Å²) in [5.41, 5.74) is 1.80. The predicted octanol–water partition coefficient (Wildman–Crippen LogP) is 5.54. The highest BCUT2D eigenvalue weighted by Gasteiger charge is 2.41. The fourth-order valence-corrected chi connectivity index (χ4v) is 6.10. The number of amides is 1. The Balaban J connectivity index is 1.44. The van der Waals surface area contributed by atoms with Crippen LogP contribution in [0.4, 0.5) is 24.8 Å². The van der Waals surface area contributed by atoms with E-state index in [1.807, 2.05) is 6.07 Å². The summed E-state index contributed by atoms with van der Waals surface area (Å²) in [6.07, 6.45) is -1.20. The average Bonchev–Trinajstić information content (AvgIpc) is 3.59. The summed E-state index contributed by atoms with van der Waals surface area (Å²) in [4.78, 5) is 19.9. The van der Waals surface area contributed by atoms with Gasteiger partial charge in [0.1, 0.15) is 18.0 Å². The van der Waals surface area contributed by atoms with E-state index in [0.29, 0.717) is 58.5 Å². The molecule has 10 nitrogen and oxygen atoms in total. The molecule has 0 radical (unpaired) electrons. The van der Waals surface area contributed by atoms with Gasteiger partial charge < -0.3 is 19.9 Å². The Kier molecular flexibility index (Phi) is 8.50. The average molecular weight is 631 g/mol. The number of nitrogens with one attached hydrogen (secondary N) is 2. The van der Waals surface area contributed by atoms with Gasteiger partial charge >= 0.3 is 6.18 Å². The molecular weight excluding hydrogens is 597 g/mol. The molecule has 0 unspecified atom stereocenters. The van der Waals surface area contributed by atoms with Gasteiger partial charge in [0.05, 0.1) is 30.3 Å². The van der Waals surface area contributed by atoms with Crippen molar-refractivity contribution in [3.8, 4) is 28.6 Å². The Bertz CT molecular complexity index is 1820. The van der Waals surface area contributed by atoms with Crippen molar-refractivity contribution < 1.29 is 22.7 Å². The molecule has 46 heavy (non-hydrogen) atoms. The van der Waals surface area contributed by atoms with E-state index in [4.69, 9.17) is 9.72 Å². The zero-order chi connectivity index (χ0) is 32.6. The molecule has 0 atom stereocenters. The molecule has 1 aliphatic heterocycles. The van der Waals surface area contributed by atoms with Crippen molar-refractivity contribution in [1.29, 1.82) is 5.26 Å². The van der Waals surface area contributed by atoms with Crippen molar-refractivity contribution in [2.45, 2.75) is 45.1 Å². The van der Waals surface area contributed by atoms with E-state index in [9.17, 15) is 23.2 Å². The van der Waals surface area contributed by atoms with Crippen LogP contribution in [0.15, 0.2) is 48.8 Å². The van der Waals surface area contributed by atoms with E-state index in [2.05, 4.69) is 33.8 Å². The van der Waals surface area contributed by atoms with Crippen LogP contribution in [-0.4, -0.2) is 52.0 Å². The maximum absolute atomic E-state index is 14.3. The van der Waals surface area contributed by atoms with Crippen LogP contribution >= 0.6 is 0 Å². The first-order valence-corrected chi connectivity index (χ1v) is 15.0. The smallest absolute Gasteiger partial charge is 0.383 e. The second-order valence-corrected chi connectivity index (χ2v) is 11.9. The van der Waals surface area contributed by atoms with E-state index in [1.54, 1.807) is 49.3 Å². The van der Waals surface area contributed by atoms with Crippen LogP contribution in [0.1, 0.15) is 52.4 Å². The number of aryl methyl sites for hydroxylation is 1. The standard InChI is InChI=1S/C33H33F3N8O2/c1-19-8-23(9-19)40-29-13-22(25-10-20(15-37)4-5-24(25)31-42-39-18-43(31)2)14-30(41-29)44-17-27-26(32(44)45)11-21(16-38-6-7-46-3)12-28(27)33(34,35)36/h4-5,10-14,18-19,23,38H,6-9,16-17H2,1-3H3,(H,40,41). The first-order valence-electron chi connectivity index (χ1n) is 15.0. The van der Waals surface area contributed by atoms with Gasteiger partial charge in [-0.15, -0.1) is 10.2 Å². The van der Waals surface area contributed by atoms with Crippen LogP contribution in [0.5, 0.6) is 0 Å². The topological polar surface area (TPSA) is 121 Å². The fourth-order valence-electron chi connectivity index (χ4n) is 6.10. The van der Waals surface area contributed by atoms with Crippen molar-refractivity contribution in [1.82, 2.24) is 25.1 Å². The quantitative estimate of drug-likeness (QED) is 0.219.